The summed E-state index contributed by atoms with van der Waals surface area (Å²) in [6, 6.07) is 11.6. The number of anilines is 1. The molecule has 1 aliphatic heterocycles. The van der Waals surface area contributed by atoms with Crippen LogP contribution in [0.1, 0.15) is 12.0 Å². The van der Waals surface area contributed by atoms with Crippen LogP contribution in [0.2, 0.25) is 0 Å². The summed E-state index contributed by atoms with van der Waals surface area (Å²) in [5.41, 5.74) is 2.59. The summed E-state index contributed by atoms with van der Waals surface area (Å²) in [6.07, 6.45) is 2.26. The maximum atomic E-state index is 12.7. The number of carbonyl (C=O) groups excluding carboxylic acids is 3. The number of nitrogens with one attached hydrogen (secondary N) is 2. The zero-order chi connectivity index (χ0) is 23.5. The van der Waals surface area contributed by atoms with Crippen LogP contribution in [-0.2, 0) is 23.1 Å². The zero-order valence-corrected chi connectivity index (χ0v) is 18.8. The molecule has 4 rings (SSSR count). The summed E-state index contributed by atoms with van der Waals surface area (Å²) in [7, 11) is 5.06. The monoisotopic (exact) mass is 450 g/mol. The molecule has 3 aromatic rings. The number of carbonyl (C=O) groups is 3. The van der Waals surface area contributed by atoms with Gasteiger partial charge in [-0.2, -0.15) is 0 Å². The van der Waals surface area contributed by atoms with Crippen molar-refractivity contribution in [1.82, 2.24) is 14.8 Å². The molecule has 0 bridgehead atoms. The van der Waals surface area contributed by atoms with Crippen molar-refractivity contribution >= 4 is 34.4 Å². The van der Waals surface area contributed by atoms with Gasteiger partial charge < -0.3 is 24.7 Å². The summed E-state index contributed by atoms with van der Waals surface area (Å²) in [6.45, 7) is 0.197. The Morgan fingerprint density at radius 3 is 2.61 bits per heavy atom. The van der Waals surface area contributed by atoms with Gasteiger partial charge in [-0.1, -0.05) is 6.07 Å². The number of rotatable bonds is 8. The summed E-state index contributed by atoms with van der Waals surface area (Å²) < 4.78 is 12.5. The first-order chi connectivity index (χ1) is 15.9. The van der Waals surface area contributed by atoms with E-state index >= 15 is 0 Å². The normalized spacial score (nSPS) is 15.6. The number of nitrogens with zero attached hydrogens (tertiary/aromatic N) is 2. The van der Waals surface area contributed by atoms with Gasteiger partial charge in [-0.3, -0.25) is 14.5 Å². The number of urea groups is 1. The van der Waals surface area contributed by atoms with Crippen LogP contribution in [0.4, 0.5) is 10.5 Å². The van der Waals surface area contributed by atoms with Gasteiger partial charge in [0, 0.05) is 36.4 Å². The Kier molecular flexibility index (Phi) is 6.21. The highest BCUT2D eigenvalue weighted by molar-refractivity contribution is 6.07. The van der Waals surface area contributed by atoms with E-state index in [2.05, 4.69) is 10.6 Å². The molecule has 9 nitrogen and oxygen atoms in total. The minimum Gasteiger partial charge on any atom is -0.493 e. The largest absolute Gasteiger partial charge is 0.493 e. The molecule has 2 aromatic carbocycles. The lowest BCUT2D eigenvalue weighted by atomic mass is 10.1. The number of imide groups is 1. The van der Waals surface area contributed by atoms with Crippen molar-refractivity contribution in [3.8, 4) is 11.5 Å². The number of aryl methyl sites for hydroxylation is 1. The van der Waals surface area contributed by atoms with Gasteiger partial charge in [0.05, 0.1) is 20.6 Å². The molecule has 0 radical (unpaired) electrons. The van der Waals surface area contributed by atoms with E-state index in [1.54, 1.807) is 20.3 Å². The molecule has 0 aliphatic carbocycles. The number of hydrogen-bond donors (Lipinski definition) is 2. The lowest BCUT2D eigenvalue weighted by Gasteiger charge is -2.14. The average molecular weight is 450 g/mol. The lowest BCUT2D eigenvalue weighted by molar-refractivity contribution is -0.129. The molecule has 9 heteroatoms. The predicted octanol–water partition coefficient (Wildman–Crippen LogP) is 2.69. The molecule has 2 heterocycles. The van der Waals surface area contributed by atoms with Gasteiger partial charge >= 0.3 is 6.03 Å². The predicted molar refractivity (Wildman–Crippen MR) is 123 cm³/mol. The molecule has 4 amide bonds. The molecule has 0 spiro atoms. The summed E-state index contributed by atoms with van der Waals surface area (Å²) >= 11 is 0. The van der Waals surface area contributed by atoms with Crippen molar-refractivity contribution < 1.29 is 23.9 Å². The number of ether oxygens (including phenoxy) is 2. The van der Waals surface area contributed by atoms with Crippen molar-refractivity contribution in [2.24, 2.45) is 7.05 Å². The third kappa shape index (κ3) is 4.62. The van der Waals surface area contributed by atoms with Gasteiger partial charge in [0.25, 0.3) is 5.91 Å². The smallest absolute Gasteiger partial charge is 0.324 e. The third-order valence-corrected chi connectivity index (χ3v) is 5.74. The molecular formula is C24H26N4O5. The molecule has 1 saturated heterocycles. The highest BCUT2D eigenvalue weighted by atomic mass is 16.5. The SMILES string of the molecule is COc1ccc(CCN2C(=O)NC(CC(=O)Nc3ccc4c(ccn4C)c3)C2=O)cc1OC. The van der Waals surface area contributed by atoms with Crippen LogP contribution in [0.25, 0.3) is 10.9 Å². The van der Waals surface area contributed by atoms with E-state index in [1.807, 2.05) is 54.2 Å². The van der Waals surface area contributed by atoms with E-state index in [0.29, 0.717) is 23.6 Å². The van der Waals surface area contributed by atoms with Crippen molar-refractivity contribution in [3.05, 3.63) is 54.2 Å². The first-order valence-electron chi connectivity index (χ1n) is 10.6. The second kappa shape index (κ2) is 9.23. The zero-order valence-electron chi connectivity index (χ0n) is 18.8. The van der Waals surface area contributed by atoms with Crippen LogP contribution < -0.4 is 20.1 Å². The van der Waals surface area contributed by atoms with E-state index < -0.39 is 18.0 Å². The topological polar surface area (TPSA) is 102 Å². The van der Waals surface area contributed by atoms with Crippen LogP contribution >= 0.6 is 0 Å². The van der Waals surface area contributed by atoms with E-state index in [4.69, 9.17) is 9.47 Å². The highest BCUT2D eigenvalue weighted by Crippen LogP contribution is 2.28. The Balaban J connectivity index is 1.34. The summed E-state index contributed by atoms with van der Waals surface area (Å²) in [5, 5.41) is 6.42. The molecular weight excluding hydrogens is 424 g/mol. The Bertz CT molecular complexity index is 1220. The fraction of sp³-hybridized carbons (Fsp3) is 0.292. The van der Waals surface area contributed by atoms with Crippen LogP contribution in [-0.4, -0.2) is 54.1 Å². The molecule has 2 N–H and O–H groups in total. The average Bonchev–Trinajstić information content (AvgIpc) is 3.30. The first-order valence-corrected chi connectivity index (χ1v) is 10.6. The number of aromatic nitrogens is 1. The van der Waals surface area contributed by atoms with Gasteiger partial charge in [0.2, 0.25) is 5.91 Å². The minimum absolute atomic E-state index is 0.135. The van der Waals surface area contributed by atoms with Crippen molar-refractivity contribution in [1.29, 1.82) is 0 Å². The van der Waals surface area contributed by atoms with Gasteiger partial charge in [-0.05, 0) is 48.4 Å². The van der Waals surface area contributed by atoms with E-state index in [0.717, 1.165) is 21.4 Å². The number of hydrogen-bond acceptors (Lipinski definition) is 5. The fourth-order valence-electron chi connectivity index (χ4n) is 3.96. The molecule has 0 saturated carbocycles. The van der Waals surface area contributed by atoms with Crippen LogP contribution in [0.5, 0.6) is 11.5 Å². The fourth-order valence-corrected chi connectivity index (χ4v) is 3.96. The molecule has 172 valence electrons. The lowest BCUT2D eigenvalue weighted by Crippen LogP contribution is -2.34. The Morgan fingerprint density at radius 2 is 1.85 bits per heavy atom. The van der Waals surface area contributed by atoms with Crippen molar-refractivity contribution in [2.75, 3.05) is 26.1 Å². The van der Waals surface area contributed by atoms with Gasteiger partial charge in [0.15, 0.2) is 11.5 Å². The number of amides is 4. The van der Waals surface area contributed by atoms with Crippen LogP contribution in [0.15, 0.2) is 48.7 Å². The maximum absolute atomic E-state index is 12.7. The van der Waals surface area contributed by atoms with Crippen LogP contribution in [0.3, 0.4) is 0 Å². The van der Waals surface area contributed by atoms with Crippen molar-refractivity contribution in [2.45, 2.75) is 18.9 Å². The van der Waals surface area contributed by atoms with Gasteiger partial charge in [-0.25, -0.2) is 4.79 Å². The third-order valence-electron chi connectivity index (χ3n) is 5.74. The summed E-state index contributed by atoms with van der Waals surface area (Å²) in [4.78, 5) is 38.7. The van der Waals surface area contributed by atoms with Gasteiger partial charge in [-0.15, -0.1) is 0 Å². The number of fused-ring (bicyclic) bond motifs is 1. The maximum Gasteiger partial charge on any atom is 0.324 e. The Morgan fingerprint density at radius 1 is 1.06 bits per heavy atom. The Labute approximate surface area is 191 Å². The number of methoxy groups -OCH3 is 2. The molecule has 1 fully saturated rings. The summed E-state index contributed by atoms with van der Waals surface area (Å²) in [5.74, 6) is 0.434. The minimum atomic E-state index is -0.886. The molecule has 1 aromatic heterocycles. The molecule has 1 aliphatic rings. The molecule has 1 unspecified atom stereocenters. The first kappa shape index (κ1) is 22.2. The van der Waals surface area contributed by atoms with Gasteiger partial charge in [0.1, 0.15) is 6.04 Å². The second-order valence-electron chi connectivity index (χ2n) is 7.88. The molecule has 33 heavy (non-hydrogen) atoms. The molecule has 1 atom stereocenters. The Hall–Kier alpha value is -4.01. The number of benzene rings is 2. The quantitative estimate of drug-likeness (QED) is 0.514. The van der Waals surface area contributed by atoms with E-state index in [-0.39, 0.29) is 18.9 Å². The second-order valence-corrected chi connectivity index (χ2v) is 7.88. The van der Waals surface area contributed by atoms with Crippen LogP contribution in [0, 0.1) is 0 Å². The van der Waals surface area contributed by atoms with Crippen molar-refractivity contribution in [3.63, 3.8) is 0 Å². The van der Waals surface area contributed by atoms with E-state index in [1.165, 1.54) is 0 Å². The standard InChI is InChI=1S/C24H26N4O5/c1-27-10-9-16-13-17(5-6-19(16)27)25-22(29)14-18-23(30)28(24(31)26-18)11-8-15-4-7-20(32-2)21(12-15)33-3/h4-7,9-10,12-13,18H,8,11,14H2,1-3H3,(H,25,29)(H,26,31). The highest BCUT2D eigenvalue weighted by Gasteiger charge is 2.38. The van der Waals surface area contributed by atoms with E-state index in [9.17, 15) is 14.4 Å².